The molecule has 0 aliphatic rings. The zero-order valence-corrected chi connectivity index (χ0v) is 10.2. The molecule has 0 saturated carbocycles. The van der Waals surface area contributed by atoms with Crippen LogP contribution in [-0.2, 0) is 6.18 Å². The fraction of sp³-hybridized carbons (Fsp3) is 0.0769. The Bertz CT molecular complexity index is 611. The number of nitrogens with zero attached hydrogens (tertiary/aromatic N) is 1. The monoisotopic (exact) mass is 285 g/mol. The number of benzene rings is 1. The van der Waals surface area contributed by atoms with E-state index in [1.54, 1.807) is 0 Å². The average molecular weight is 286 g/mol. The molecule has 0 aliphatic heterocycles. The number of carbonyl (C=O) groups is 1. The fourth-order valence-electron chi connectivity index (χ4n) is 1.65. The lowest BCUT2D eigenvalue weighted by atomic mass is 9.99. The number of aromatic nitrogens is 1. The lowest BCUT2D eigenvalue weighted by Crippen LogP contribution is -2.14. The van der Waals surface area contributed by atoms with Crippen LogP contribution in [-0.4, -0.2) is 10.8 Å². The second kappa shape index (κ2) is 5.01. The van der Waals surface area contributed by atoms with Crippen LogP contribution in [0, 0.1) is 0 Å². The second-order valence-electron chi connectivity index (χ2n) is 3.73. The number of halogens is 4. The van der Waals surface area contributed by atoms with Crippen LogP contribution in [0.2, 0.25) is 5.02 Å². The van der Waals surface area contributed by atoms with E-state index in [1.807, 2.05) is 0 Å². The third-order valence-electron chi connectivity index (χ3n) is 2.47. The van der Waals surface area contributed by atoms with Gasteiger partial charge in [0, 0.05) is 23.5 Å². The van der Waals surface area contributed by atoms with Gasteiger partial charge < -0.3 is 0 Å². The first-order chi connectivity index (χ1) is 8.91. The molecule has 0 N–H and O–H groups in total. The van der Waals surface area contributed by atoms with Gasteiger partial charge in [0.25, 0.3) is 0 Å². The van der Waals surface area contributed by atoms with Gasteiger partial charge in [-0.15, -0.1) is 0 Å². The first-order valence-corrected chi connectivity index (χ1v) is 5.59. The van der Waals surface area contributed by atoms with E-state index in [0.717, 1.165) is 12.1 Å². The van der Waals surface area contributed by atoms with Gasteiger partial charge in [0.2, 0.25) is 0 Å². The van der Waals surface area contributed by atoms with E-state index >= 15 is 0 Å². The van der Waals surface area contributed by atoms with Crippen molar-refractivity contribution in [3.63, 3.8) is 0 Å². The quantitative estimate of drug-likeness (QED) is 0.781. The van der Waals surface area contributed by atoms with E-state index in [4.69, 9.17) is 11.6 Å². The topological polar surface area (TPSA) is 30.0 Å². The molecule has 0 unspecified atom stereocenters. The molecule has 0 saturated heterocycles. The minimum absolute atomic E-state index is 0.0790. The first-order valence-electron chi connectivity index (χ1n) is 5.21. The molecule has 0 radical (unpaired) electrons. The number of pyridine rings is 1. The van der Waals surface area contributed by atoms with Gasteiger partial charge in [-0.2, -0.15) is 13.2 Å². The van der Waals surface area contributed by atoms with E-state index in [2.05, 4.69) is 4.98 Å². The summed E-state index contributed by atoms with van der Waals surface area (Å²) in [7, 11) is 0. The minimum Gasteiger partial charge on any atom is -0.289 e. The molecule has 2 rings (SSSR count). The van der Waals surface area contributed by atoms with Gasteiger partial charge in [0.05, 0.1) is 10.6 Å². The standard InChI is InChI=1S/C13H7ClF3NO/c14-10-5-1-4-9(11(10)13(15,16)17)12(19)8-3-2-6-18-7-8/h1-7H. The van der Waals surface area contributed by atoms with E-state index < -0.39 is 28.1 Å². The van der Waals surface area contributed by atoms with Crippen molar-refractivity contribution < 1.29 is 18.0 Å². The lowest BCUT2D eigenvalue weighted by Gasteiger charge is -2.13. The fourth-order valence-corrected chi connectivity index (χ4v) is 1.94. The van der Waals surface area contributed by atoms with Crippen LogP contribution in [0.4, 0.5) is 13.2 Å². The summed E-state index contributed by atoms with van der Waals surface area (Å²) in [4.78, 5) is 15.8. The highest BCUT2D eigenvalue weighted by Gasteiger charge is 2.37. The molecule has 1 aromatic carbocycles. The van der Waals surface area contributed by atoms with Crippen LogP contribution < -0.4 is 0 Å². The summed E-state index contributed by atoms with van der Waals surface area (Å²) in [5.41, 5.74) is -1.52. The van der Waals surface area contributed by atoms with Crippen molar-refractivity contribution in [3.05, 3.63) is 64.4 Å². The number of hydrogen-bond acceptors (Lipinski definition) is 2. The summed E-state index contributed by atoms with van der Waals surface area (Å²) in [6.45, 7) is 0. The number of carbonyl (C=O) groups excluding carboxylic acids is 1. The molecule has 0 bridgehead atoms. The van der Waals surface area contributed by atoms with Crippen molar-refractivity contribution in [1.82, 2.24) is 4.98 Å². The molecule has 0 atom stereocenters. The highest BCUT2D eigenvalue weighted by Crippen LogP contribution is 2.37. The average Bonchev–Trinajstić information content (AvgIpc) is 2.37. The molecular formula is C13H7ClF3NO. The summed E-state index contributed by atoms with van der Waals surface area (Å²) in [6.07, 6.45) is -2.05. The SMILES string of the molecule is O=C(c1cccnc1)c1cccc(Cl)c1C(F)(F)F. The summed E-state index contributed by atoms with van der Waals surface area (Å²) < 4.78 is 38.8. The third kappa shape index (κ3) is 2.76. The Morgan fingerprint density at radius 3 is 2.47 bits per heavy atom. The summed E-state index contributed by atoms with van der Waals surface area (Å²) in [5, 5.41) is -0.498. The Morgan fingerprint density at radius 1 is 1.16 bits per heavy atom. The molecule has 0 spiro atoms. The van der Waals surface area contributed by atoms with E-state index in [1.165, 1.54) is 30.6 Å². The number of rotatable bonds is 2. The number of hydrogen-bond donors (Lipinski definition) is 0. The normalized spacial score (nSPS) is 11.4. The van der Waals surface area contributed by atoms with Crippen LogP contribution in [0.15, 0.2) is 42.7 Å². The van der Waals surface area contributed by atoms with Gasteiger partial charge in [-0.05, 0) is 18.2 Å². The zero-order chi connectivity index (χ0) is 14.0. The van der Waals surface area contributed by atoms with Crippen LogP contribution >= 0.6 is 11.6 Å². The maximum absolute atomic E-state index is 12.9. The molecule has 1 aromatic heterocycles. The molecule has 1 heterocycles. The van der Waals surface area contributed by atoms with Crippen LogP contribution in [0.25, 0.3) is 0 Å². The van der Waals surface area contributed by atoms with Gasteiger partial charge in [0.1, 0.15) is 0 Å². The van der Waals surface area contributed by atoms with Crippen LogP contribution in [0.5, 0.6) is 0 Å². The highest BCUT2D eigenvalue weighted by atomic mass is 35.5. The van der Waals surface area contributed by atoms with Gasteiger partial charge in [-0.25, -0.2) is 0 Å². The van der Waals surface area contributed by atoms with Crippen LogP contribution in [0.3, 0.4) is 0 Å². The van der Waals surface area contributed by atoms with Crippen molar-refractivity contribution in [2.24, 2.45) is 0 Å². The molecule has 2 nitrogen and oxygen atoms in total. The number of ketones is 1. The summed E-state index contributed by atoms with van der Waals surface area (Å²) in [6, 6.07) is 6.39. The van der Waals surface area contributed by atoms with Crippen molar-refractivity contribution in [2.75, 3.05) is 0 Å². The molecule has 19 heavy (non-hydrogen) atoms. The predicted octanol–water partition coefficient (Wildman–Crippen LogP) is 3.98. The van der Waals surface area contributed by atoms with Crippen molar-refractivity contribution >= 4 is 17.4 Å². The molecule has 0 aliphatic carbocycles. The van der Waals surface area contributed by atoms with Gasteiger partial charge >= 0.3 is 6.18 Å². The van der Waals surface area contributed by atoms with Gasteiger partial charge in [0.15, 0.2) is 5.78 Å². The predicted molar refractivity (Wildman–Crippen MR) is 64.1 cm³/mol. The Kier molecular flexibility index (Phi) is 3.57. The Hall–Kier alpha value is -1.88. The largest absolute Gasteiger partial charge is 0.418 e. The molecule has 0 amide bonds. The summed E-state index contributed by atoms with van der Waals surface area (Å²) >= 11 is 5.56. The maximum Gasteiger partial charge on any atom is 0.418 e. The van der Waals surface area contributed by atoms with Crippen molar-refractivity contribution in [2.45, 2.75) is 6.18 Å². The van der Waals surface area contributed by atoms with E-state index in [9.17, 15) is 18.0 Å². The Labute approximate surface area is 111 Å². The molecular weight excluding hydrogens is 279 g/mol. The minimum atomic E-state index is -4.69. The van der Waals surface area contributed by atoms with Gasteiger partial charge in [-0.1, -0.05) is 23.7 Å². The van der Waals surface area contributed by atoms with Crippen LogP contribution in [0.1, 0.15) is 21.5 Å². The first kappa shape index (κ1) is 13.5. The Balaban J connectivity index is 2.58. The molecule has 0 fully saturated rings. The lowest BCUT2D eigenvalue weighted by molar-refractivity contribution is -0.137. The maximum atomic E-state index is 12.9. The highest BCUT2D eigenvalue weighted by molar-refractivity contribution is 6.32. The second-order valence-corrected chi connectivity index (χ2v) is 4.14. The van der Waals surface area contributed by atoms with Gasteiger partial charge in [-0.3, -0.25) is 9.78 Å². The summed E-state index contributed by atoms with van der Waals surface area (Å²) in [5.74, 6) is -0.761. The molecule has 2 aromatic rings. The van der Waals surface area contributed by atoms with Crippen molar-refractivity contribution in [1.29, 1.82) is 0 Å². The Morgan fingerprint density at radius 2 is 1.89 bits per heavy atom. The van der Waals surface area contributed by atoms with E-state index in [-0.39, 0.29) is 5.56 Å². The molecule has 6 heteroatoms. The van der Waals surface area contributed by atoms with Crippen molar-refractivity contribution in [3.8, 4) is 0 Å². The third-order valence-corrected chi connectivity index (χ3v) is 2.78. The zero-order valence-electron chi connectivity index (χ0n) is 9.41. The smallest absolute Gasteiger partial charge is 0.289 e. The van der Waals surface area contributed by atoms with E-state index in [0.29, 0.717) is 0 Å². The molecule has 98 valence electrons. The number of alkyl halides is 3.